The van der Waals surface area contributed by atoms with E-state index in [-0.39, 0.29) is 5.97 Å². The third-order valence-electron chi connectivity index (χ3n) is 2.22. The summed E-state index contributed by atoms with van der Waals surface area (Å²) in [5.41, 5.74) is 0. The quantitative estimate of drug-likeness (QED) is 0.427. The van der Waals surface area contributed by atoms with E-state index >= 15 is 0 Å². The molecule has 0 aliphatic heterocycles. The maximum Gasteiger partial charge on any atom is 0.329 e. The van der Waals surface area contributed by atoms with Gasteiger partial charge in [-0.3, -0.25) is 0 Å². The first-order chi connectivity index (χ1) is 7.08. The van der Waals surface area contributed by atoms with Crippen LogP contribution in [0, 0.1) is 0 Å². The maximum atomic E-state index is 11.9. The molecule has 0 aromatic rings. The van der Waals surface area contributed by atoms with Gasteiger partial charge in [-0.2, -0.15) is 0 Å². The average molecular weight is 259 g/mol. The van der Waals surface area contributed by atoms with E-state index in [1.165, 1.54) is 0 Å². The van der Waals surface area contributed by atoms with Gasteiger partial charge in [0.2, 0.25) is 0 Å². The van der Waals surface area contributed by atoms with E-state index in [4.69, 9.17) is 4.74 Å². The monoisotopic (exact) mass is 258 g/mol. The van der Waals surface area contributed by atoms with Crippen LogP contribution in [0.1, 0.15) is 6.92 Å². The second-order valence-electron chi connectivity index (χ2n) is 6.35. The molecule has 0 fully saturated rings. The lowest BCUT2D eigenvalue weighted by Crippen LogP contribution is -2.31. The van der Waals surface area contributed by atoms with Gasteiger partial charge < -0.3 is 4.74 Å². The molecule has 0 atom stereocenters. The highest BCUT2D eigenvalue weighted by Crippen LogP contribution is 2.20. The molecule has 0 radical (unpaired) electrons. The van der Waals surface area contributed by atoms with E-state index in [0.29, 0.717) is 6.61 Å². The van der Waals surface area contributed by atoms with Gasteiger partial charge in [0, 0.05) is 13.3 Å². The van der Waals surface area contributed by atoms with E-state index in [1.54, 1.807) is 0 Å². The molecular weight excluding hydrogens is 232 g/mol. The molecule has 0 heterocycles. The van der Waals surface area contributed by atoms with Crippen LogP contribution in [0.3, 0.4) is 0 Å². The minimum absolute atomic E-state index is 0.0973. The highest BCUT2D eigenvalue weighted by atomic mass is 28.3. The van der Waals surface area contributed by atoms with Crippen molar-refractivity contribution >= 4 is 22.1 Å². The molecule has 0 N–H and O–H groups in total. The smallest absolute Gasteiger partial charge is 0.329 e. The zero-order chi connectivity index (χ0) is 13.0. The number of hydrogen-bond acceptors (Lipinski definition) is 2. The first-order valence-electron chi connectivity index (χ1n) is 5.95. The Morgan fingerprint density at radius 1 is 1.12 bits per heavy atom. The summed E-state index contributed by atoms with van der Waals surface area (Å²) in [4.78, 5) is 11.9. The molecule has 0 amide bonds. The molecule has 94 valence electrons. The number of hydrogen-bond donors (Lipinski definition) is 0. The van der Waals surface area contributed by atoms with Crippen molar-refractivity contribution in [2.75, 3.05) is 6.61 Å². The molecule has 0 aliphatic rings. The van der Waals surface area contributed by atoms with Crippen LogP contribution in [-0.2, 0) is 9.53 Å². The molecule has 2 nitrogen and oxygen atoms in total. The Morgan fingerprint density at radius 2 is 1.62 bits per heavy atom. The summed E-state index contributed by atoms with van der Waals surface area (Å²) in [7, 11) is -2.71. The van der Waals surface area contributed by atoms with Crippen LogP contribution in [0.25, 0.3) is 0 Å². The normalized spacial score (nSPS) is 13.8. The third kappa shape index (κ3) is 6.28. The summed E-state index contributed by atoms with van der Waals surface area (Å²) in [6.07, 6.45) is 2.15. The zero-order valence-electron chi connectivity index (χ0n) is 11.8. The Morgan fingerprint density at radius 3 is 1.94 bits per heavy atom. The van der Waals surface area contributed by atoms with Gasteiger partial charge in [-0.25, -0.2) is 4.79 Å². The number of carbonyl (C=O) groups excluding carboxylic acids is 1. The molecule has 0 aliphatic carbocycles. The number of allylic oxidation sites excluding steroid dienone is 1. The molecule has 0 unspecified atom stereocenters. The topological polar surface area (TPSA) is 26.3 Å². The van der Waals surface area contributed by atoms with Crippen molar-refractivity contribution in [1.82, 2.24) is 0 Å². The lowest BCUT2D eigenvalue weighted by atomic mass is 10.5. The fraction of sp³-hybridized carbons (Fsp3) is 0.750. The van der Waals surface area contributed by atoms with Gasteiger partial charge in [0.25, 0.3) is 0 Å². The number of ether oxygens (including phenoxy) is 1. The Hall–Kier alpha value is -0.356. The molecule has 0 saturated carbocycles. The van der Waals surface area contributed by atoms with Crippen molar-refractivity contribution in [2.24, 2.45) is 0 Å². The molecule has 0 saturated heterocycles. The van der Waals surface area contributed by atoms with Gasteiger partial charge in [-0.15, -0.1) is 0 Å². The second-order valence-corrected chi connectivity index (χ2v) is 16.9. The van der Waals surface area contributed by atoms with E-state index in [0.717, 1.165) is 11.2 Å². The average Bonchev–Trinajstić information content (AvgIpc) is 1.99. The summed E-state index contributed by atoms with van der Waals surface area (Å²) < 4.78 is 5.14. The summed E-state index contributed by atoms with van der Waals surface area (Å²) in [5.74, 6) is -0.0973. The number of carbonyl (C=O) groups is 1. The van der Waals surface area contributed by atoms with Gasteiger partial charge >= 0.3 is 5.97 Å². The molecule has 0 spiro atoms. The van der Waals surface area contributed by atoms with Crippen LogP contribution in [0.2, 0.25) is 45.3 Å². The van der Waals surface area contributed by atoms with Gasteiger partial charge in [-0.05, 0) is 13.0 Å². The lowest BCUT2D eigenvalue weighted by molar-refractivity contribution is -0.137. The zero-order valence-corrected chi connectivity index (χ0v) is 13.8. The van der Waals surface area contributed by atoms with Gasteiger partial charge in [0.05, 0.1) is 14.7 Å². The Kier molecular flexibility index (Phi) is 5.69. The van der Waals surface area contributed by atoms with Gasteiger partial charge in [-0.1, -0.05) is 45.4 Å². The minimum atomic E-state index is -1.58. The van der Waals surface area contributed by atoms with Crippen molar-refractivity contribution in [3.8, 4) is 0 Å². The predicted molar refractivity (Wildman–Crippen MR) is 76.2 cm³/mol. The number of rotatable bonds is 5. The van der Waals surface area contributed by atoms with E-state index in [9.17, 15) is 4.79 Å². The minimum Gasteiger partial charge on any atom is -0.463 e. The van der Waals surface area contributed by atoms with Crippen molar-refractivity contribution in [1.29, 1.82) is 0 Å². The molecule has 0 bridgehead atoms. The van der Waals surface area contributed by atoms with Crippen molar-refractivity contribution in [2.45, 2.75) is 52.2 Å². The van der Waals surface area contributed by atoms with E-state index < -0.39 is 16.1 Å². The van der Waals surface area contributed by atoms with Crippen molar-refractivity contribution in [3.63, 3.8) is 0 Å². The van der Waals surface area contributed by atoms with Gasteiger partial charge in [0.1, 0.15) is 0 Å². The highest BCUT2D eigenvalue weighted by molar-refractivity contribution is 6.87. The first-order valence-corrected chi connectivity index (χ1v) is 13.2. The van der Waals surface area contributed by atoms with Crippen LogP contribution >= 0.6 is 0 Å². The highest BCUT2D eigenvalue weighted by Gasteiger charge is 2.27. The summed E-state index contributed by atoms with van der Waals surface area (Å²) in [6.45, 7) is 15.9. The third-order valence-corrected chi connectivity index (χ3v) is 5.68. The standard InChI is InChI=1S/C12H26O2Si2/c1-8-14-12(13)11(16(5,6)7)9-10-15(2,3)4/h9H,8,10H2,1-7H3/b11-9+. The summed E-state index contributed by atoms with van der Waals surface area (Å²) >= 11 is 0. The fourth-order valence-electron chi connectivity index (χ4n) is 1.31. The van der Waals surface area contributed by atoms with Crippen LogP contribution < -0.4 is 0 Å². The molecule has 4 heteroatoms. The molecule has 0 aromatic heterocycles. The van der Waals surface area contributed by atoms with E-state index in [2.05, 4.69) is 45.4 Å². The Balaban J connectivity index is 4.89. The van der Waals surface area contributed by atoms with Crippen molar-refractivity contribution < 1.29 is 9.53 Å². The van der Waals surface area contributed by atoms with Crippen LogP contribution in [0.15, 0.2) is 11.3 Å². The largest absolute Gasteiger partial charge is 0.463 e. The lowest BCUT2D eigenvalue weighted by Gasteiger charge is -2.21. The maximum absolute atomic E-state index is 11.9. The summed E-state index contributed by atoms with van der Waals surface area (Å²) in [5, 5.41) is 0.955. The molecule has 0 aromatic carbocycles. The second kappa shape index (κ2) is 5.82. The Bertz CT molecular complexity index is 270. The fourth-order valence-corrected chi connectivity index (χ4v) is 3.73. The van der Waals surface area contributed by atoms with Crippen LogP contribution in [-0.4, -0.2) is 28.7 Å². The van der Waals surface area contributed by atoms with Crippen LogP contribution in [0.5, 0.6) is 0 Å². The van der Waals surface area contributed by atoms with Crippen molar-refractivity contribution in [3.05, 3.63) is 11.3 Å². The number of esters is 1. The van der Waals surface area contributed by atoms with E-state index in [1.807, 2.05) is 6.92 Å². The predicted octanol–water partition coefficient (Wildman–Crippen LogP) is 3.69. The molecule has 0 rings (SSSR count). The van der Waals surface area contributed by atoms with Gasteiger partial charge in [0.15, 0.2) is 0 Å². The van der Waals surface area contributed by atoms with Crippen LogP contribution in [0.4, 0.5) is 0 Å². The molecular formula is C12H26O2Si2. The SMILES string of the molecule is CCOC(=O)/C(=C\C[Si](C)(C)C)[Si](C)(C)C. The molecule has 16 heavy (non-hydrogen) atoms. The first kappa shape index (κ1) is 15.6. The Labute approximate surface area is 102 Å². The summed E-state index contributed by atoms with van der Waals surface area (Å²) in [6, 6.07) is 1.06.